The lowest BCUT2D eigenvalue weighted by Crippen LogP contribution is -2.34. The molecule has 0 spiro atoms. The first-order valence-corrected chi connectivity index (χ1v) is 9.92. The first-order chi connectivity index (χ1) is 13.1. The molecule has 3 heterocycles. The Morgan fingerprint density at radius 2 is 1.85 bits per heavy atom. The molecule has 4 rings (SSSR count). The van der Waals surface area contributed by atoms with E-state index in [1.807, 2.05) is 6.20 Å². The summed E-state index contributed by atoms with van der Waals surface area (Å²) < 4.78 is 4.37. The Kier molecular flexibility index (Phi) is 5.12. The van der Waals surface area contributed by atoms with Gasteiger partial charge in [0.15, 0.2) is 0 Å². The maximum Gasteiger partial charge on any atom is 0.105 e. The Hall–Kier alpha value is -2.40. The number of aromatic nitrogens is 4. The van der Waals surface area contributed by atoms with E-state index in [-0.39, 0.29) is 0 Å². The van der Waals surface area contributed by atoms with Gasteiger partial charge in [-0.3, -0.25) is 4.90 Å². The Bertz CT molecular complexity index is 899. The standard InChI is InChI=1S/C22H29N5/c1-17-14-18(2)27(24-17)22-7-5-4-6-21(22)16-25-11-8-20(9-12-25)15-26-13-10-23-19(26)3/h4-7,10,13-14,20H,8-9,11-12,15-16H2,1-3H3. The van der Waals surface area contributed by atoms with E-state index in [1.54, 1.807) is 0 Å². The van der Waals surface area contributed by atoms with Crippen molar-refractivity contribution in [3.8, 4) is 5.69 Å². The number of nitrogens with zero attached hydrogens (tertiary/aromatic N) is 5. The van der Waals surface area contributed by atoms with E-state index in [0.717, 1.165) is 43.6 Å². The molecule has 1 saturated heterocycles. The second-order valence-corrected chi connectivity index (χ2v) is 7.81. The second-order valence-electron chi connectivity index (χ2n) is 7.81. The van der Waals surface area contributed by atoms with Gasteiger partial charge in [-0.15, -0.1) is 0 Å². The molecule has 0 bridgehead atoms. The Labute approximate surface area is 161 Å². The number of hydrogen-bond acceptors (Lipinski definition) is 3. The molecule has 0 aliphatic carbocycles. The van der Waals surface area contributed by atoms with Gasteiger partial charge >= 0.3 is 0 Å². The van der Waals surface area contributed by atoms with E-state index in [0.29, 0.717) is 0 Å². The third-order valence-corrected chi connectivity index (χ3v) is 5.71. The second kappa shape index (κ2) is 7.69. The third kappa shape index (κ3) is 3.98. The van der Waals surface area contributed by atoms with Gasteiger partial charge in [0.2, 0.25) is 0 Å². The highest BCUT2D eigenvalue weighted by Gasteiger charge is 2.21. The Morgan fingerprint density at radius 1 is 1.07 bits per heavy atom. The zero-order valence-electron chi connectivity index (χ0n) is 16.6. The van der Waals surface area contributed by atoms with Crippen molar-refractivity contribution in [3.63, 3.8) is 0 Å². The van der Waals surface area contributed by atoms with Crippen LogP contribution in [0.4, 0.5) is 0 Å². The molecule has 0 N–H and O–H groups in total. The van der Waals surface area contributed by atoms with Crippen LogP contribution in [0, 0.1) is 26.7 Å². The van der Waals surface area contributed by atoms with Crippen LogP contribution in [0.15, 0.2) is 42.7 Å². The molecular formula is C22H29N5. The lowest BCUT2D eigenvalue weighted by atomic mass is 9.96. The highest BCUT2D eigenvalue weighted by Crippen LogP contribution is 2.24. The summed E-state index contributed by atoms with van der Waals surface area (Å²) in [6.45, 7) is 10.7. The zero-order chi connectivity index (χ0) is 18.8. The minimum Gasteiger partial charge on any atom is -0.335 e. The van der Waals surface area contributed by atoms with E-state index in [9.17, 15) is 0 Å². The fourth-order valence-corrected chi connectivity index (χ4v) is 4.17. The van der Waals surface area contributed by atoms with E-state index < -0.39 is 0 Å². The summed E-state index contributed by atoms with van der Waals surface area (Å²) >= 11 is 0. The summed E-state index contributed by atoms with van der Waals surface area (Å²) in [5, 5.41) is 4.69. The van der Waals surface area contributed by atoms with Gasteiger partial charge in [-0.05, 0) is 70.3 Å². The van der Waals surface area contributed by atoms with Crippen LogP contribution in [-0.2, 0) is 13.1 Å². The molecule has 5 nitrogen and oxygen atoms in total. The maximum absolute atomic E-state index is 4.69. The van der Waals surface area contributed by atoms with Crippen LogP contribution in [0.2, 0.25) is 0 Å². The van der Waals surface area contributed by atoms with Crippen molar-refractivity contribution >= 4 is 0 Å². The van der Waals surface area contributed by atoms with Crippen molar-refractivity contribution in [2.75, 3.05) is 13.1 Å². The minimum absolute atomic E-state index is 0.750. The van der Waals surface area contributed by atoms with Gasteiger partial charge in [-0.2, -0.15) is 5.10 Å². The van der Waals surface area contributed by atoms with Crippen LogP contribution in [0.1, 0.15) is 35.6 Å². The molecule has 1 aromatic carbocycles. The van der Waals surface area contributed by atoms with Crippen LogP contribution in [-0.4, -0.2) is 37.3 Å². The predicted molar refractivity (Wildman–Crippen MR) is 108 cm³/mol. The number of rotatable bonds is 5. The van der Waals surface area contributed by atoms with E-state index >= 15 is 0 Å². The molecule has 1 fully saturated rings. The molecule has 2 aromatic heterocycles. The fourth-order valence-electron chi connectivity index (χ4n) is 4.17. The maximum atomic E-state index is 4.69. The molecule has 142 valence electrons. The number of piperidine rings is 1. The monoisotopic (exact) mass is 363 g/mol. The molecule has 0 unspecified atom stereocenters. The summed E-state index contributed by atoms with van der Waals surface area (Å²) in [7, 11) is 0. The number of para-hydroxylation sites is 1. The zero-order valence-corrected chi connectivity index (χ0v) is 16.6. The van der Waals surface area contributed by atoms with Gasteiger partial charge in [-0.25, -0.2) is 9.67 Å². The van der Waals surface area contributed by atoms with Crippen molar-refractivity contribution in [1.82, 2.24) is 24.2 Å². The van der Waals surface area contributed by atoms with Gasteiger partial charge in [0.1, 0.15) is 5.82 Å². The average Bonchev–Trinajstić information content (AvgIpc) is 3.22. The van der Waals surface area contributed by atoms with E-state index in [2.05, 4.69) is 81.5 Å². The molecule has 1 aliphatic heterocycles. The molecule has 1 aliphatic rings. The molecule has 27 heavy (non-hydrogen) atoms. The number of hydrogen-bond donors (Lipinski definition) is 0. The number of benzene rings is 1. The summed E-state index contributed by atoms with van der Waals surface area (Å²) in [6, 6.07) is 10.8. The summed E-state index contributed by atoms with van der Waals surface area (Å²) in [6.07, 6.45) is 6.51. The quantitative estimate of drug-likeness (QED) is 0.690. The van der Waals surface area contributed by atoms with Crippen molar-refractivity contribution in [1.29, 1.82) is 0 Å². The number of aryl methyl sites for hydroxylation is 3. The highest BCUT2D eigenvalue weighted by molar-refractivity contribution is 5.41. The Balaban J connectivity index is 1.41. The van der Waals surface area contributed by atoms with Crippen LogP contribution in [0.25, 0.3) is 5.69 Å². The summed E-state index contributed by atoms with van der Waals surface area (Å²) in [4.78, 5) is 6.93. The molecule has 0 amide bonds. The van der Waals surface area contributed by atoms with Crippen molar-refractivity contribution in [2.24, 2.45) is 5.92 Å². The fraction of sp³-hybridized carbons (Fsp3) is 0.455. The number of likely N-dealkylation sites (tertiary alicyclic amines) is 1. The normalized spacial score (nSPS) is 16.1. The molecule has 0 atom stereocenters. The average molecular weight is 364 g/mol. The molecule has 0 saturated carbocycles. The summed E-state index contributed by atoms with van der Waals surface area (Å²) in [5.41, 5.74) is 4.82. The van der Waals surface area contributed by atoms with E-state index in [4.69, 9.17) is 0 Å². The first kappa shape index (κ1) is 18.0. The van der Waals surface area contributed by atoms with Gasteiger partial charge < -0.3 is 4.57 Å². The van der Waals surface area contributed by atoms with Crippen molar-refractivity contribution < 1.29 is 0 Å². The van der Waals surface area contributed by atoms with Gasteiger partial charge in [-0.1, -0.05) is 18.2 Å². The SMILES string of the molecule is Cc1cc(C)n(-c2ccccc2CN2CCC(Cn3ccnc3C)CC2)n1. The molecular weight excluding hydrogens is 334 g/mol. The van der Waals surface area contributed by atoms with Crippen molar-refractivity contribution in [2.45, 2.75) is 46.7 Å². The largest absolute Gasteiger partial charge is 0.335 e. The minimum atomic E-state index is 0.750. The third-order valence-electron chi connectivity index (χ3n) is 5.71. The summed E-state index contributed by atoms with van der Waals surface area (Å²) in [5.74, 6) is 1.87. The first-order valence-electron chi connectivity index (χ1n) is 9.92. The number of imidazole rings is 1. The topological polar surface area (TPSA) is 38.9 Å². The Morgan fingerprint density at radius 3 is 2.52 bits per heavy atom. The van der Waals surface area contributed by atoms with Crippen molar-refractivity contribution in [3.05, 3.63) is 65.5 Å². The van der Waals surface area contributed by atoms with Crippen LogP contribution < -0.4 is 0 Å². The van der Waals surface area contributed by atoms with Gasteiger partial charge in [0, 0.05) is 31.2 Å². The molecule has 3 aromatic rings. The smallest absolute Gasteiger partial charge is 0.105 e. The van der Waals surface area contributed by atoms with Gasteiger partial charge in [0.25, 0.3) is 0 Å². The highest BCUT2D eigenvalue weighted by atomic mass is 15.3. The molecule has 5 heteroatoms. The van der Waals surface area contributed by atoms with E-state index in [1.165, 1.54) is 29.8 Å². The lowest BCUT2D eigenvalue weighted by Gasteiger charge is -2.32. The predicted octanol–water partition coefficient (Wildman–Crippen LogP) is 3.91. The van der Waals surface area contributed by atoms with Gasteiger partial charge in [0.05, 0.1) is 11.4 Å². The lowest BCUT2D eigenvalue weighted by molar-refractivity contribution is 0.166. The van der Waals surface area contributed by atoms with Crippen LogP contribution in [0.5, 0.6) is 0 Å². The van der Waals surface area contributed by atoms with Crippen LogP contribution in [0.3, 0.4) is 0 Å². The van der Waals surface area contributed by atoms with Crippen LogP contribution >= 0.6 is 0 Å². The molecule has 0 radical (unpaired) electrons.